The second-order valence-electron chi connectivity index (χ2n) is 5.17. The van der Waals surface area contributed by atoms with E-state index < -0.39 is 0 Å². The lowest BCUT2D eigenvalue weighted by atomic mass is 10.1. The third-order valence-electron chi connectivity index (χ3n) is 3.58. The average molecular weight is 330 g/mol. The first-order valence-corrected chi connectivity index (χ1v) is 8.07. The van der Waals surface area contributed by atoms with E-state index in [-0.39, 0.29) is 6.10 Å². The Morgan fingerprint density at radius 2 is 2.00 bits per heavy atom. The summed E-state index contributed by atoms with van der Waals surface area (Å²) in [5, 5.41) is 4.96. The van der Waals surface area contributed by atoms with Crippen LogP contribution in [0.3, 0.4) is 0 Å². The molecular weight excluding hydrogens is 312 g/mol. The minimum atomic E-state index is -0.0568. The van der Waals surface area contributed by atoms with E-state index in [1.165, 1.54) is 11.3 Å². The summed E-state index contributed by atoms with van der Waals surface area (Å²) in [7, 11) is 1.66. The molecule has 0 aliphatic carbocycles. The summed E-state index contributed by atoms with van der Waals surface area (Å²) < 4.78 is 10.7. The van der Waals surface area contributed by atoms with Crippen LogP contribution in [0.1, 0.15) is 29.3 Å². The average Bonchev–Trinajstić information content (AvgIpc) is 3.21. The van der Waals surface area contributed by atoms with Crippen LogP contribution in [0.4, 0.5) is 0 Å². The quantitative estimate of drug-likeness (QED) is 0.772. The van der Waals surface area contributed by atoms with Gasteiger partial charge in [0.15, 0.2) is 0 Å². The number of ether oxygens (including phenoxy) is 1. The molecule has 23 heavy (non-hydrogen) atoms. The number of thiazole rings is 1. The molecule has 3 aromatic rings. The predicted octanol–water partition coefficient (Wildman–Crippen LogP) is 3.33. The monoisotopic (exact) mass is 330 g/mol. The lowest BCUT2D eigenvalue weighted by molar-refractivity contribution is 0.119. The van der Waals surface area contributed by atoms with Crippen LogP contribution in [0.15, 0.2) is 28.8 Å². The highest BCUT2D eigenvalue weighted by atomic mass is 32.1. The van der Waals surface area contributed by atoms with Crippen LogP contribution in [-0.2, 0) is 11.3 Å². The van der Waals surface area contributed by atoms with Crippen molar-refractivity contribution in [2.75, 3.05) is 7.11 Å². The molecule has 0 aliphatic rings. The first-order valence-electron chi connectivity index (χ1n) is 7.26. The lowest BCUT2D eigenvalue weighted by Crippen LogP contribution is -1.95. The smallest absolute Gasteiger partial charge is 0.270 e. The Morgan fingerprint density at radius 3 is 2.65 bits per heavy atom. The van der Waals surface area contributed by atoms with Crippen LogP contribution >= 0.6 is 11.3 Å². The Bertz CT molecular complexity index is 795. The number of hydrogen-bond donors (Lipinski definition) is 1. The van der Waals surface area contributed by atoms with E-state index in [0.717, 1.165) is 26.7 Å². The molecule has 2 N–H and O–H groups in total. The summed E-state index contributed by atoms with van der Waals surface area (Å²) in [6.07, 6.45) is -0.0568. The number of aryl methyl sites for hydroxylation is 1. The van der Waals surface area contributed by atoms with Gasteiger partial charge in [-0.15, -0.1) is 11.3 Å². The van der Waals surface area contributed by atoms with Gasteiger partial charge in [-0.3, -0.25) is 0 Å². The lowest BCUT2D eigenvalue weighted by Gasteiger charge is -2.02. The number of hydrogen-bond acceptors (Lipinski definition) is 7. The SMILES string of the molecule is COC(C)c1nc(C)c(-c2nc(-c3ccc(CN)cc3)no2)s1. The summed E-state index contributed by atoms with van der Waals surface area (Å²) in [5.74, 6) is 1.03. The molecule has 1 aromatic carbocycles. The molecule has 0 saturated heterocycles. The predicted molar refractivity (Wildman–Crippen MR) is 88.9 cm³/mol. The van der Waals surface area contributed by atoms with Crippen molar-refractivity contribution < 1.29 is 9.26 Å². The Morgan fingerprint density at radius 1 is 1.26 bits per heavy atom. The van der Waals surface area contributed by atoms with Gasteiger partial charge in [0.05, 0.1) is 5.69 Å². The van der Waals surface area contributed by atoms with Gasteiger partial charge in [-0.25, -0.2) is 4.98 Å². The first-order chi connectivity index (χ1) is 11.1. The van der Waals surface area contributed by atoms with Crippen molar-refractivity contribution >= 4 is 11.3 Å². The molecule has 3 rings (SSSR count). The van der Waals surface area contributed by atoms with Crippen molar-refractivity contribution in [1.82, 2.24) is 15.1 Å². The van der Waals surface area contributed by atoms with Crippen LogP contribution in [0.25, 0.3) is 22.2 Å². The Balaban J connectivity index is 1.90. The number of aromatic nitrogens is 3. The van der Waals surface area contributed by atoms with Gasteiger partial charge in [-0.1, -0.05) is 29.4 Å². The highest BCUT2D eigenvalue weighted by Gasteiger charge is 2.19. The number of methoxy groups -OCH3 is 1. The molecule has 1 unspecified atom stereocenters. The maximum atomic E-state index is 5.61. The fraction of sp³-hybridized carbons (Fsp3) is 0.312. The Kier molecular flexibility index (Phi) is 4.51. The number of nitrogens with two attached hydrogens (primary N) is 1. The molecule has 0 spiro atoms. The molecule has 6 nitrogen and oxygen atoms in total. The van der Waals surface area contributed by atoms with Gasteiger partial charge in [0, 0.05) is 19.2 Å². The molecule has 0 saturated carbocycles. The van der Waals surface area contributed by atoms with Crippen molar-refractivity contribution in [3.63, 3.8) is 0 Å². The third kappa shape index (κ3) is 3.17. The molecule has 0 amide bonds. The van der Waals surface area contributed by atoms with Crippen molar-refractivity contribution in [1.29, 1.82) is 0 Å². The summed E-state index contributed by atoms with van der Waals surface area (Å²) in [4.78, 5) is 9.88. The standard InChI is InChI=1S/C16H18N4O2S/c1-9-13(23-16(18-9)10(2)21-3)15-19-14(20-22-15)12-6-4-11(8-17)5-7-12/h4-7,10H,8,17H2,1-3H3. The molecule has 7 heteroatoms. The van der Waals surface area contributed by atoms with E-state index >= 15 is 0 Å². The van der Waals surface area contributed by atoms with E-state index in [1.807, 2.05) is 38.1 Å². The Labute approximate surface area is 138 Å². The van der Waals surface area contributed by atoms with E-state index in [9.17, 15) is 0 Å². The van der Waals surface area contributed by atoms with Crippen molar-refractivity contribution in [2.45, 2.75) is 26.5 Å². The van der Waals surface area contributed by atoms with E-state index in [2.05, 4.69) is 15.1 Å². The minimum absolute atomic E-state index is 0.0568. The molecular formula is C16H18N4O2S. The van der Waals surface area contributed by atoms with Gasteiger partial charge in [-0.05, 0) is 19.4 Å². The Hall–Kier alpha value is -2.09. The van der Waals surface area contributed by atoms with Crippen LogP contribution in [0.5, 0.6) is 0 Å². The van der Waals surface area contributed by atoms with E-state index in [0.29, 0.717) is 18.3 Å². The summed E-state index contributed by atoms with van der Waals surface area (Å²) in [6, 6.07) is 7.80. The molecule has 1 atom stereocenters. The van der Waals surface area contributed by atoms with Crippen LogP contribution in [0.2, 0.25) is 0 Å². The van der Waals surface area contributed by atoms with E-state index in [4.69, 9.17) is 15.0 Å². The van der Waals surface area contributed by atoms with Gasteiger partial charge in [0.1, 0.15) is 16.0 Å². The molecule has 0 bridgehead atoms. The zero-order valence-electron chi connectivity index (χ0n) is 13.2. The number of rotatable bonds is 5. The number of nitrogens with zero attached hydrogens (tertiary/aromatic N) is 3. The zero-order chi connectivity index (χ0) is 16.4. The van der Waals surface area contributed by atoms with Crippen molar-refractivity contribution in [2.24, 2.45) is 5.73 Å². The summed E-state index contributed by atoms with van der Waals surface area (Å²) >= 11 is 1.51. The van der Waals surface area contributed by atoms with Crippen LogP contribution < -0.4 is 5.73 Å². The normalized spacial score (nSPS) is 12.5. The maximum absolute atomic E-state index is 5.61. The highest BCUT2D eigenvalue weighted by Crippen LogP contribution is 2.33. The molecule has 0 radical (unpaired) electrons. The minimum Gasteiger partial charge on any atom is -0.375 e. The van der Waals surface area contributed by atoms with Gasteiger partial charge < -0.3 is 15.0 Å². The topological polar surface area (TPSA) is 87.1 Å². The third-order valence-corrected chi connectivity index (χ3v) is 4.89. The van der Waals surface area contributed by atoms with Gasteiger partial charge in [-0.2, -0.15) is 4.98 Å². The van der Waals surface area contributed by atoms with Gasteiger partial charge in [0.25, 0.3) is 5.89 Å². The highest BCUT2D eigenvalue weighted by molar-refractivity contribution is 7.15. The second-order valence-corrected chi connectivity index (χ2v) is 6.20. The van der Waals surface area contributed by atoms with Gasteiger partial charge >= 0.3 is 0 Å². The first kappa shape index (κ1) is 15.8. The zero-order valence-corrected chi connectivity index (χ0v) is 14.1. The van der Waals surface area contributed by atoms with Crippen molar-refractivity contribution in [3.8, 4) is 22.2 Å². The second kappa shape index (κ2) is 6.57. The fourth-order valence-electron chi connectivity index (χ4n) is 2.11. The fourth-order valence-corrected chi connectivity index (χ4v) is 3.13. The maximum Gasteiger partial charge on any atom is 0.270 e. The molecule has 2 aromatic heterocycles. The van der Waals surface area contributed by atoms with Crippen LogP contribution in [-0.4, -0.2) is 22.2 Å². The largest absolute Gasteiger partial charge is 0.375 e. The summed E-state index contributed by atoms with van der Waals surface area (Å²) in [6.45, 7) is 4.40. The summed E-state index contributed by atoms with van der Waals surface area (Å²) in [5.41, 5.74) is 8.43. The van der Waals surface area contributed by atoms with E-state index in [1.54, 1.807) is 7.11 Å². The number of benzene rings is 1. The molecule has 0 fully saturated rings. The molecule has 0 aliphatic heterocycles. The molecule has 2 heterocycles. The van der Waals surface area contributed by atoms with Crippen LogP contribution in [0, 0.1) is 6.92 Å². The molecule has 120 valence electrons. The van der Waals surface area contributed by atoms with Gasteiger partial charge in [0.2, 0.25) is 5.82 Å². The van der Waals surface area contributed by atoms with Crippen molar-refractivity contribution in [3.05, 3.63) is 40.5 Å².